The van der Waals surface area contributed by atoms with Crippen LogP contribution in [0.4, 0.5) is 10.1 Å². The third-order valence-electron chi connectivity index (χ3n) is 7.23. The average molecular weight is 621 g/mol. The summed E-state index contributed by atoms with van der Waals surface area (Å²) in [6.07, 6.45) is 4.86. The lowest BCUT2D eigenvalue weighted by atomic mass is 9.95. The number of carbonyl (C=O) groups is 2. The van der Waals surface area contributed by atoms with Crippen molar-refractivity contribution in [3.05, 3.63) is 94.2 Å². The minimum atomic E-state index is -4.24. The molecular formula is C30H32Cl2FN3O4S. The van der Waals surface area contributed by atoms with Crippen molar-refractivity contribution in [2.75, 3.05) is 10.8 Å². The van der Waals surface area contributed by atoms with E-state index < -0.39 is 34.3 Å². The molecule has 0 radical (unpaired) electrons. The number of amides is 2. The van der Waals surface area contributed by atoms with Gasteiger partial charge in [0, 0.05) is 28.2 Å². The molecule has 1 aliphatic rings. The molecular weight excluding hydrogens is 588 g/mol. The lowest BCUT2D eigenvalue weighted by molar-refractivity contribution is -0.139. The fraction of sp³-hybridized carbons (Fsp3) is 0.333. The van der Waals surface area contributed by atoms with Crippen molar-refractivity contribution in [3.63, 3.8) is 0 Å². The number of sulfonamides is 1. The van der Waals surface area contributed by atoms with Gasteiger partial charge in [-0.1, -0.05) is 66.7 Å². The van der Waals surface area contributed by atoms with Crippen LogP contribution in [0.25, 0.3) is 0 Å². The second-order valence-electron chi connectivity index (χ2n) is 10.0. The highest BCUT2D eigenvalue weighted by molar-refractivity contribution is 7.92. The van der Waals surface area contributed by atoms with Crippen molar-refractivity contribution < 1.29 is 22.4 Å². The largest absolute Gasteiger partial charge is 0.352 e. The van der Waals surface area contributed by atoms with Crippen molar-refractivity contribution >= 4 is 50.7 Å². The van der Waals surface area contributed by atoms with E-state index in [4.69, 9.17) is 23.2 Å². The molecule has 0 aliphatic heterocycles. The number of halogens is 3. The third-order valence-corrected chi connectivity index (χ3v) is 9.73. The average Bonchev–Trinajstić information content (AvgIpc) is 2.97. The highest BCUT2D eigenvalue weighted by atomic mass is 35.5. The zero-order valence-electron chi connectivity index (χ0n) is 22.6. The molecule has 0 spiro atoms. The number of nitrogens with one attached hydrogen (secondary N) is 1. The van der Waals surface area contributed by atoms with Crippen molar-refractivity contribution in [1.82, 2.24) is 10.2 Å². The Hall–Kier alpha value is -3.14. The van der Waals surface area contributed by atoms with Gasteiger partial charge in [-0.25, -0.2) is 12.8 Å². The van der Waals surface area contributed by atoms with Gasteiger partial charge >= 0.3 is 0 Å². The van der Waals surface area contributed by atoms with Gasteiger partial charge in [-0.2, -0.15) is 0 Å². The monoisotopic (exact) mass is 619 g/mol. The maximum Gasteiger partial charge on any atom is 0.264 e. The zero-order chi connectivity index (χ0) is 29.6. The van der Waals surface area contributed by atoms with Crippen LogP contribution in [0.2, 0.25) is 10.0 Å². The molecule has 3 aromatic rings. The molecule has 4 rings (SSSR count). The van der Waals surface area contributed by atoms with Gasteiger partial charge in [0.15, 0.2) is 0 Å². The van der Waals surface area contributed by atoms with E-state index in [1.807, 2.05) is 0 Å². The Morgan fingerprint density at radius 2 is 1.54 bits per heavy atom. The van der Waals surface area contributed by atoms with Crippen LogP contribution in [-0.2, 0) is 26.2 Å². The molecule has 1 aliphatic carbocycles. The van der Waals surface area contributed by atoms with Crippen LogP contribution < -0.4 is 9.62 Å². The first-order chi connectivity index (χ1) is 19.6. The molecule has 2 amide bonds. The zero-order valence-corrected chi connectivity index (χ0v) is 24.9. The summed E-state index contributed by atoms with van der Waals surface area (Å²) in [7, 11) is -4.24. The normalized spacial score (nSPS) is 14.7. The molecule has 0 aromatic heterocycles. The fourth-order valence-electron chi connectivity index (χ4n) is 4.86. The first-order valence-electron chi connectivity index (χ1n) is 13.4. The van der Waals surface area contributed by atoms with E-state index in [9.17, 15) is 22.4 Å². The van der Waals surface area contributed by atoms with E-state index in [1.165, 1.54) is 29.2 Å². The van der Waals surface area contributed by atoms with Gasteiger partial charge in [-0.15, -0.1) is 0 Å². The molecule has 1 saturated carbocycles. The molecule has 1 fully saturated rings. The molecule has 0 heterocycles. The van der Waals surface area contributed by atoms with Crippen molar-refractivity contribution in [3.8, 4) is 0 Å². The van der Waals surface area contributed by atoms with E-state index in [2.05, 4.69) is 5.32 Å². The molecule has 3 aromatic carbocycles. The van der Waals surface area contributed by atoms with E-state index in [0.717, 1.165) is 48.5 Å². The van der Waals surface area contributed by atoms with Gasteiger partial charge in [0.25, 0.3) is 10.0 Å². The lowest BCUT2D eigenvalue weighted by Gasteiger charge is -2.33. The van der Waals surface area contributed by atoms with Crippen LogP contribution >= 0.6 is 23.2 Å². The number of hydrogen-bond acceptors (Lipinski definition) is 4. The topological polar surface area (TPSA) is 86.8 Å². The molecule has 0 saturated heterocycles. The molecule has 218 valence electrons. The van der Waals surface area contributed by atoms with Crippen LogP contribution in [0.3, 0.4) is 0 Å². The van der Waals surface area contributed by atoms with Gasteiger partial charge in [0.2, 0.25) is 11.8 Å². The molecule has 0 bridgehead atoms. The summed E-state index contributed by atoms with van der Waals surface area (Å²) in [6, 6.07) is 16.4. The van der Waals surface area contributed by atoms with E-state index in [0.29, 0.717) is 15.6 Å². The molecule has 11 heteroatoms. The molecule has 1 unspecified atom stereocenters. The molecule has 7 nitrogen and oxygen atoms in total. The Morgan fingerprint density at radius 1 is 0.927 bits per heavy atom. The minimum absolute atomic E-state index is 0.00808. The Bertz CT molecular complexity index is 1450. The number of hydrogen-bond donors (Lipinski definition) is 1. The van der Waals surface area contributed by atoms with Crippen molar-refractivity contribution in [2.24, 2.45) is 0 Å². The van der Waals surface area contributed by atoms with Gasteiger partial charge < -0.3 is 10.2 Å². The SMILES string of the molecule is CC(C(=O)NC1CCCCC1)N(Cc1c(Cl)cccc1Cl)C(=O)CN(c1ccc(F)cc1)S(=O)(=O)c1ccccc1. The predicted octanol–water partition coefficient (Wildman–Crippen LogP) is 6.19. The fourth-order valence-corrected chi connectivity index (χ4v) is 6.81. The number of carbonyl (C=O) groups excluding carboxylic acids is 2. The third kappa shape index (κ3) is 7.58. The Kier molecular flexibility index (Phi) is 10.3. The van der Waals surface area contributed by atoms with Crippen LogP contribution in [0, 0.1) is 5.82 Å². The summed E-state index contributed by atoms with van der Waals surface area (Å²) in [4.78, 5) is 28.6. The standard InChI is InChI=1S/C30H32Cl2FN3O4S/c1-21(30(38)34-23-9-4-2-5-10-23)35(19-26-27(31)13-8-14-28(26)32)29(37)20-36(24-17-15-22(33)16-18-24)41(39,40)25-11-6-3-7-12-25/h3,6-8,11-18,21,23H,2,4-5,9-10,19-20H2,1H3,(H,34,38). The number of benzene rings is 3. The number of nitrogens with zero attached hydrogens (tertiary/aromatic N) is 2. The minimum Gasteiger partial charge on any atom is -0.352 e. The van der Waals surface area contributed by atoms with Crippen LogP contribution in [0.1, 0.15) is 44.6 Å². The maximum atomic E-state index is 14.0. The summed E-state index contributed by atoms with van der Waals surface area (Å²) < 4.78 is 42.2. The van der Waals surface area contributed by atoms with Gasteiger partial charge in [-0.3, -0.25) is 13.9 Å². The highest BCUT2D eigenvalue weighted by Crippen LogP contribution is 2.28. The molecule has 41 heavy (non-hydrogen) atoms. The first-order valence-corrected chi connectivity index (χ1v) is 15.6. The summed E-state index contributed by atoms with van der Waals surface area (Å²) in [5.74, 6) is -1.57. The van der Waals surface area contributed by atoms with Crippen molar-refractivity contribution in [1.29, 1.82) is 0 Å². The van der Waals surface area contributed by atoms with E-state index in [-0.39, 0.29) is 29.1 Å². The highest BCUT2D eigenvalue weighted by Gasteiger charge is 2.33. The second-order valence-corrected chi connectivity index (χ2v) is 12.7. The lowest BCUT2D eigenvalue weighted by Crippen LogP contribution is -2.53. The molecule has 1 N–H and O–H groups in total. The summed E-state index contributed by atoms with van der Waals surface area (Å²) >= 11 is 12.8. The summed E-state index contributed by atoms with van der Waals surface area (Å²) in [5.41, 5.74) is 0.527. The van der Waals surface area contributed by atoms with Gasteiger partial charge in [0.05, 0.1) is 10.6 Å². The Labute approximate surface area is 250 Å². The van der Waals surface area contributed by atoms with E-state index in [1.54, 1.807) is 43.3 Å². The quantitative estimate of drug-likeness (QED) is 0.293. The number of anilines is 1. The predicted molar refractivity (Wildman–Crippen MR) is 159 cm³/mol. The van der Waals surface area contributed by atoms with Gasteiger partial charge in [-0.05, 0) is 68.3 Å². The smallest absolute Gasteiger partial charge is 0.264 e. The van der Waals surface area contributed by atoms with Crippen LogP contribution in [0.15, 0.2) is 77.7 Å². The Morgan fingerprint density at radius 3 is 2.15 bits per heavy atom. The summed E-state index contributed by atoms with van der Waals surface area (Å²) in [5, 5.41) is 3.66. The van der Waals surface area contributed by atoms with E-state index >= 15 is 0 Å². The van der Waals surface area contributed by atoms with Crippen LogP contribution in [-0.4, -0.2) is 43.8 Å². The maximum absolute atomic E-state index is 14.0. The summed E-state index contributed by atoms with van der Waals surface area (Å²) in [6.45, 7) is 0.819. The number of rotatable bonds is 10. The first kappa shape index (κ1) is 30.8. The second kappa shape index (κ2) is 13.7. The van der Waals surface area contributed by atoms with Gasteiger partial charge in [0.1, 0.15) is 18.4 Å². The Balaban J connectivity index is 1.69. The molecule has 1 atom stereocenters. The van der Waals surface area contributed by atoms with Crippen molar-refractivity contribution in [2.45, 2.75) is 62.6 Å². The van der Waals surface area contributed by atoms with Crippen LogP contribution in [0.5, 0.6) is 0 Å².